The molecule has 30 heavy (non-hydrogen) atoms. The number of hydrogen-bond acceptors (Lipinski definition) is 5. The van der Waals surface area contributed by atoms with E-state index in [9.17, 15) is 9.59 Å². The number of carbonyl (C=O) groups is 1. The van der Waals surface area contributed by atoms with Gasteiger partial charge >= 0.3 is 0 Å². The molecular formula is C22H18N6O2. The van der Waals surface area contributed by atoms with E-state index in [0.29, 0.717) is 41.8 Å². The first-order valence-electron chi connectivity index (χ1n) is 9.39. The van der Waals surface area contributed by atoms with Crippen molar-refractivity contribution in [3.8, 4) is 6.07 Å². The first kappa shape index (κ1) is 19.1. The molecular weight excluding hydrogens is 380 g/mol. The second-order valence-corrected chi connectivity index (χ2v) is 6.71. The number of benzene rings is 2. The molecule has 0 spiro atoms. The summed E-state index contributed by atoms with van der Waals surface area (Å²) in [4.78, 5) is 29.4. The summed E-state index contributed by atoms with van der Waals surface area (Å²) in [5.41, 5.74) is 2.31. The molecule has 0 saturated heterocycles. The molecule has 2 aromatic heterocycles. The summed E-state index contributed by atoms with van der Waals surface area (Å²) in [6, 6.07) is 18.1. The molecule has 0 atom stereocenters. The zero-order valence-electron chi connectivity index (χ0n) is 16.0. The monoisotopic (exact) mass is 398 g/mol. The molecule has 2 heterocycles. The summed E-state index contributed by atoms with van der Waals surface area (Å²) in [6.45, 7) is 1.14. The minimum atomic E-state index is -0.242. The lowest BCUT2D eigenvalue weighted by molar-refractivity contribution is 0.0952. The molecule has 0 radical (unpaired) electrons. The van der Waals surface area contributed by atoms with Crippen LogP contribution in [0.3, 0.4) is 0 Å². The highest BCUT2D eigenvalue weighted by Gasteiger charge is 2.11. The van der Waals surface area contributed by atoms with E-state index in [1.807, 2.05) is 36.4 Å². The van der Waals surface area contributed by atoms with Gasteiger partial charge < -0.3 is 5.32 Å². The van der Waals surface area contributed by atoms with E-state index in [-0.39, 0.29) is 11.5 Å². The van der Waals surface area contributed by atoms with Crippen LogP contribution in [0, 0.1) is 11.3 Å². The van der Waals surface area contributed by atoms with Crippen molar-refractivity contribution in [2.45, 2.75) is 13.1 Å². The molecule has 0 aliphatic carbocycles. The summed E-state index contributed by atoms with van der Waals surface area (Å²) in [7, 11) is 0. The minimum Gasteiger partial charge on any atom is -0.350 e. The van der Waals surface area contributed by atoms with E-state index in [0.717, 1.165) is 5.56 Å². The van der Waals surface area contributed by atoms with Crippen molar-refractivity contribution >= 4 is 16.9 Å². The van der Waals surface area contributed by atoms with Crippen LogP contribution in [0.2, 0.25) is 0 Å². The fourth-order valence-corrected chi connectivity index (χ4v) is 3.13. The lowest BCUT2D eigenvalue weighted by Crippen LogP contribution is -2.27. The summed E-state index contributed by atoms with van der Waals surface area (Å²) >= 11 is 0. The Bertz CT molecular complexity index is 1280. The SMILES string of the molecule is N#Cc1ccc(C(=O)NCCn2ncc3c(=O)n(Cc4ccccc4)cnc32)cc1. The normalized spacial score (nSPS) is 10.6. The van der Waals surface area contributed by atoms with E-state index in [1.165, 1.54) is 12.5 Å². The first-order valence-corrected chi connectivity index (χ1v) is 9.39. The Balaban J connectivity index is 1.43. The van der Waals surface area contributed by atoms with Gasteiger partial charge in [0.2, 0.25) is 0 Å². The number of carbonyl (C=O) groups excluding carboxylic acids is 1. The summed E-state index contributed by atoms with van der Waals surface area (Å²) < 4.78 is 3.15. The van der Waals surface area contributed by atoms with E-state index in [2.05, 4.69) is 15.4 Å². The Morgan fingerprint density at radius 3 is 2.60 bits per heavy atom. The Labute approximate surface area is 172 Å². The zero-order chi connectivity index (χ0) is 20.9. The van der Waals surface area contributed by atoms with Crippen molar-refractivity contribution < 1.29 is 4.79 Å². The number of rotatable bonds is 6. The highest BCUT2D eigenvalue weighted by atomic mass is 16.1. The highest BCUT2D eigenvalue weighted by Crippen LogP contribution is 2.07. The van der Waals surface area contributed by atoms with Gasteiger partial charge in [0, 0.05) is 12.1 Å². The van der Waals surface area contributed by atoms with Gasteiger partial charge in [-0.3, -0.25) is 14.2 Å². The number of aromatic nitrogens is 4. The van der Waals surface area contributed by atoms with E-state index >= 15 is 0 Å². The van der Waals surface area contributed by atoms with Crippen LogP contribution in [-0.4, -0.2) is 31.8 Å². The smallest absolute Gasteiger partial charge is 0.264 e. The maximum absolute atomic E-state index is 12.7. The number of nitrogens with zero attached hydrogens (tertiary/aromatic N) is 5. The van der Waals surface area contributed by atoms with Crippen LogP contribution in [0.4, 0.5) is 0 Å². The number of nitrogens with one attached hydrogen (secondary N) is 1. The van der Waals surface area contributed by atoms with Crippen LogP contribution in [0.15, 0.2) is 71.9 Å². The van der Waals surface area contributed by atoms with Crippen molar-refractivity contribution in [3.63, 3.8) is 0 Å². The van der Waals surface area contributed by atoms with Gasteiger partial charge in [-0.05, 0) is 29.8 Å². The fourth-order valence-electron chi connectivity index (χ4n) is 3.13. The summed E-state index contributed by atoms with van der Waals surface area (Å²) in [5, 5.41) is 16.3. The maximum Gasteiger partial charge on any atom is 0.264 e. The average Bonchev–Trinajstić information content (AvgIpc) is 3.20. The highest BCUT2D eigenvalue weighted by molar-refractivity contribution is 5.94. The quantitative estimate of drug-likeness (QED) is 0.534. The molecule has 1 N–H and O–H groups in total. The third-order valence-electron chi connectivity index (χ3n) is 4.70. The number of amides is 1. The van der Waals surface area contributed by atoms with Gasteiger partial charge in [-0.2, -0.15) is 10.4 Å². The topological polar surface area (TPSA) is 106 Å². The molecule has 0 fully saturated rings. The molecule has 4 rings (SSSR count). The second-order valence-electron chi connectivity index (χ2n) is 6.71. The average molecular weight is 398 g/mol. The lowest BCUT2D eigenvalue weighted by Gasteiger charge is -2.08. The lowest BCUT2D eigenvalue weighted by atomic mass is 10.1. The van der Waals surface area contributed by atoms with Gasteiger partial charge in [0.15, 0.2) is 5.65 Å². The zero-order valence-corrected chi connectivity index (χ0v) is 16.0. The van der Waals surface area contributed by atoms with E-state index in [4.69, 9.17) is 5.26 Å². The molecule has 4 aromatic rings. The summed E-state index contributed by atoms with van der Waals surface area (Å²) in [5.74, 6) is -0.242. The Morgan fingerprint density at radius 1 is 1.10 bits per heavy atom. The van der Waals surface area contributed by atoms with Gasteiger partial charge in [-0.25, -0.2) is 9.67 Å². The van der Waals surface area contributed by atoms with Gasteiger partial charge in [0.05, 0.1) is 30.9 Å². The third-order valence-corrected chi connectivity index (χ3v) is 4.70. The molecule has 1 amide bonds. The van der Waals surface area contributed by atoms with Gasteiger partial charge in [-0.15, -0.1) is 0 Å². The van der Waals surface area contributed by atoms with Crippen molar-refractivity contribution in [3.05, 3.63) is 94.2 Å². The van der Waals surface area contributed by atoms with Crippen LogP contribution in [0.1, 0.15) is 21.5 Å². The van der Waals surface area contributed by atoms with Crippen LogP contribution >= 0.6 is 0 Å². The summed E-state index contributed by atoms with van der Waals surface area (Å²) in [6.07, 6.45) is 3.03. The van der Waals surface area contributed by atoms with Crippen LogP contribution in [-0.2, 0) is 13.1 Å². The predicted octanol–water partition coefficient (Wildman–Crippen LogP) is 1.94. The van der Waals surface area contributed by atoms with Crippen molar-refractivity contribution in [1.29, 1.82) is 5.26 Å². The van der Waals surface area contributed by atoms with Crippen LogP contribution in [0.5, 0.6) is 0 Å². The number of nitriles is 1. The predicted molar refractivity (Wildman–Crippen MR) is 111 cm³/mol. The molecule has 148 valence electrons. The first-order chi connectivity index (χ1) is 14.7. The van der Waals surface area contributed by atoms with Crippen molar-refractivity contribution in [2.75, 3.05) is 6.54 Å². The molecule has 0 saturated carbocycles. The second kappa shape index (κ2) is 8.41. The van der Waals surface area contributed by atoms with Crippen molar-refractivity contribution in [2.24, 2.45) is 0 Å². The largest absolute Gasteiger partial charge is 0.350 e. The Kier molecular flexibility index (Phi) is 5.35. The molecule has 0 unspecified atom stereocenters. The Hall–Kier alpha value is -4.25. The maximum atomic E-state index is 12.7. The fraction of sp³-hybridized carbons (Fsp3) is 0.136. The standard InChI is InChI=1S/C22H18N6O2/c23-12-16-6-8-18(9-7-16)21(29)24-10-11-28-20-19(13-26-28)22(30)27(15-25-20)14-17-4-2-1-3-5-17/h1-9,13,15H,10-11,14H2,(H,24,29). The van der Waals surface area contributed by atoms with E-state index < -0.39 is 0 Å². The minimum absolute atomic E-state index is 0.156. The van der Waals surface area contributed by atoms with Crippen molar-refractivity contribution in [1.82, 2.24) is 24.6 Å². The van der Waals surface area contributed by atoms with Crippen LogP contribution in [0.25, 0.3) is 11.0 Å². The molecule has 0 bridgehead atoms. The van der Waals surface area contributed by atoms with E-state index in [1.54, 1.807) is 33.5 Å². The molecule has 8 heteroatoms. The van der Waals surface area contributed by atoms with Gasteiger partial charge in [-0.1, -0.05) is 30.3 Å². The molecule has 2 aromatic carbocycles. The Morgan fingerprint density at radius 2 is 1.87 bits per heavy atom. The number of fused-ring (bicyclic) bond motifs is 1. The van der Waals surface area contributed by atoms with Gasteiger partial charge in [0.1, 0.15) is 11.7 Å². The molecule has 0 aliphatic rings. The van der Waals surface area contributed by atoms with Gasteiger partial charge in [0.25, 0.3) is 11.5 Å². The molecule has 8 nitrogen and oxygen atoms in total. The van der Waals surface area contributed by atoms with Crippen LogP contribution < -0.4 is 10.9 Å². The molecule has 0 aliphatic heterocycles. The number of hydrogen-bond donors (Lipinski definition) is 1. The third kappa shape index (κ3) is 3.95.